The summed E-state index contributed by atoms with van der Waals surface area (Å²) >= 11 is 0. The number of rotatable bonds is 9. The van der Waals surface area contributed by atoms with Crippen molar-refractivity contribution in [2.24, 2.45) is 0 Å². The van der Waals surface area contributed by atoms with Crippen LogP contribution in [0, 0.1) is 0 Å². The molecule has 1 fully saturated rings. The second-order valence-electron chi connectivity index (χ2n) is 5.55. The molecule has 2 rings (SSSR count). The molecule has 1 heterocycles. The van der Waals surface area contributed by atoms with Crippen molar-refractivity contribution in [3.8, 4) is 0 Å². The minimum Gasteiger partial charge on any atom is -0.472 e. The molecule has 1 aliphatic rings. The second-order valence-corrected chi connectivity index (χ2v) is 5.55. The van der Waals surface area contributed by atoms with Crippen molar-refractivity contribution in [1.29, 1.82) is 0 Å². The maximum absolute atomic E-state index is 12.3. The van der Waals surface area contributed by atoms with Crippen molar-refractivity contribution in [1.82, 2.24) is 10.2 Å². The third-order valence-electron chi connectivity index (χ3n) is 3.70. The van der Waals surface area contributed by atoms with Crippen LogP contribution in [0.5, 0.6) is 0 Å². The van der Waals surface area contributed by atoms with Crippen LogP contribution in [0.1, 0.15) is 55.8 Å². The molecule has 0 bridgehead atoms. The quantitative estimate of drug-likeness (QED) is 0.712. The monoisotopic (exact) mass is 292 g/mol. The summed E-state index contributed by atoms with van der Waals surface area (Å²) in [6, 6.07) is 1.96. The molecule has 1 aliphatic carbocycles. The Hall–Kier alpha value is -1.78. The lowest BCUT2D eigenvalue weighted by atomic mass is 10.2. The number of carbonyl (C=O) groups is 2. The first-order valence-corrected chi connectivity index (χ1v) is 7.82. The Kier molecular flexibility index (Phi) is 5.84. The zero-order chi connectivity index (χ0) is 15.1. The zero-order valence-electron chi connectivity index (χ0n) is 12.6. The highest BCUT2D eigenvalue weighted by Crippen LogP contribution is 2.28. The SMILES string of the molecule is CCCCCNC(=O)CCN(C(=O)c1ccoc1)C1CC1. The summed E-state index contributed by atoms with van der Waals surface area (Å²) in [5.74, 6) is -0.0122. The minimum absolute atomic E-state index is 0.0248. The smallest absolute Gasteiger partial charge is 0.257 e. The summed E-state index contributed by atoms with van der Waals surface area (Å²) in [4.78, 5) is 25.9. The predicted molar refractivity (Wildman–Crippen MR) is 79.9 cm³/mol. The van der Waals surface area contributed by atoms with Crippen LogP contribution in [0.15, 0.2) is 23.0 Å². The molecule has 116 valence electrons. The number of nitrogens with zero attached hydrogens (tertiary/aromatic N) is 1. The number of amides is 2. The fourth-order valence-electron chi connectivity index (χ4n) is 2.30. The standard InChI is InChI=1S/C16H24N2O3/c1-2-3-4-9-17-15(19)7-10-18(14-5-6-14)16(20)13-8-11-21-12-13/h8,11-12,14H,2-7,9-10H2,1H3,(H,17,19). The lowest BCUT2D eigenvalue weighted by Crippen LogP contribution is -2.36. The van der Waals surface area contributed by atoms with Crippen LogP contribution in [-0.4, -0.2) is 35.8 Å². The van der Waals surface area contributed by atoms with Gasteiger partial charge in [0.1, 0.15) is 6.26 Å². The van der Waals surface area contributed by atoms with Gasteiger partial charge < -0.3 is 14.6 Å². The average Bonchev–Trinajstić information content (AvgIpc) is 3.16. The summed E-state index contributed by atoms with van der Waals surface area (Å²) in [5, 5.41) is 2.91. The molecule has 1 saturated carbocycles. The van der Waals surface area contributed by atoms with Crippen LogP contribution in [0.4, 0.5) is 0 Å². The highest BCUT2D eigenvalue weighted by atomic mass is 16.3. The predicted octanol–water partition coefficient (Wildman–Crippen LogP) is 2.58. The molecule has 2 amide bonds. The van der Waals surface area contributed by atoms with Crippen molar-refractivity contribution >= 4 is 11.8 Å². The van der Waals surface area contributed by atoms with Crippen molar-refractivity contribution in [2.75, 3.05) is 13.1 Å². The van der Waals surface area contributed by atoms with Crippen molar-refractivity contribution in [3.63, 3.8) is 0 Å². The lowest BCUT2D eigenvalue weighted by Gasteiger charge is -2.21. The largest absolute Gasteiger partial charge is 0.472 e. The van der Waals surface area contributed by atoms with Gasteiger partial charge in [-0.05, 0) is 25.3 Å². The van der Waals surface area contributed by atoms with Gasteiger partial charge in [-0.2, -0.15) is 0 Å². The van der Waals surface area contributed by atoms with Crippen LogP contribution in [0.3, 0.4) is 0 Å². The third kappa shape index (κ3) is 4.92. The van der Waals surface area contributed by atoms with Gasteiger partial charge in [0.15, 0.2) is 0 Å². The van der Waals surface area contributed by atoms with Crippen LogP contribution in [-0.2, 0) is 4.79 Å². The van der Waals surface area contributed by atoms with Gasteiger partial charge in [-0.15, -0.1) is 0 Å². The average molecular weight is 292 g/mol. The molecule has 21 heavy (non-hydrogen) atoms. The maximum atomic E-state index is 12.3. The molecule has 0 radical (unpaired) electrons. The Morgan fingerprint density at radius 2 is 2.19 bits per heavy atom. The fourth-order valence-corrected chi connectivity index (χ4v) is 2.30. The minimum atomic E-state index is -0.0370. The Balaban J connectivity index is 1.76. The van der Waals surface area contributed by atoms with Crippen molar-refractivity contribution < 1.29 is 14.0 Å². The number of carbonyl (C=O) groups excluding carboxylic acids is 2. The number of nitrogens with one attached hydrogen (secondary N) is 1. The molecule has 0 aliphatic heterocycles. The van der Waals surface area contributed by atoms with Gasteiger partial charge in [-0.3, -0.25) is 9.59 Å². The fraction of sp³-hybridized carbons (Fsp3) is 0.625. The van der Waals surface area contributed by atoms with E-state index in [0.29, 0.717) is 24.6 Å². The molecule has 0 saturated heterocycles. The summed E-state index contributed by atoms with van der Waals surface area (Å²) in [5.41, 5.74) is 0.560. The molecule has 1 aromatic heterocycles. The summed E-state index contributed by atoms with van der Waals surface area (Å²) in [6.45, 7) is 3.34. The van der Waals surface area contributed by atoms with Crippen molar-refractivity contribution in [2.45, 2.75) is 51.5 Å². The molecule has 0 aromatic carbocycles. The highest BCUT2D eigenvalue weighted by molar-refractivity contribution is 5.94. The van der Waals surface area contributed by atoms with E-state index in [4.69, 9.17) is 4.42 Å². The molecule has 5 nitrogen and oxygen atoms in total. The number of unbranched alkanes of at least 4 members (excludes halogenated alkanes) is 2. The van der Waals surface area contributed by atoms with E-state index in [1.165, 1.54) is 12.5 Å². The van der Waals surface area contributed by atoms with Gasteiger partial charge in [0.2, 0.25) is 5.91 Å². The van der Waals surface area contributed by atoms with E-state index >= 15 is 0 Å². The second kappa shape index (κ2) is 7.86. The maximum Gasteiger partial charge on any atom is 0.257 e. The summed E-state index contributed by atoms with van der Waals surface area (Å²) < 4.78 is 4.96. The molecular weight excluding hydrogens is 268 g/mol. The van der Waals surface area contributed by atoms with E-state index in [1.807, 2.05) is 0 Å². The molecule has 5 heteroatoms. The Bertz CT molecular complexity index is 452. The first-order chi connectivity index (χ1) is 10.2. The first kappa shape index (κ1) is 15.6. The molecular formula is C16H24N2O3. The molecule has 0 spiro atoms. The number of hydrogen-bond acceptors (Lipinski definition) is 3. The van der Waals surface area contributed by atoms with Gasteiger partial charge in [-0.1, -0.05) is 19.8 Å². The molecule has 0 unspecified atom stereocenters. The lowest BCUT2D eigenvalue weighted by molar-refractivity contribution is -0.121. The number of hydrogen-bond donors (Lipinski definition) is 1. The topological polar surface area (TPSA) is 62.6 Å². The third-order valence-corrected chi connectivity index (χ3v) is 3.70. The van der Waals surface area contributed by atoms with Gasteiger partial charge >= 0.3 is 0 Å². The number of furan rings is 1. The summed E-state index contributed by atoms with van der Waals surface area (Å²) in [6.07, 6.45) is 8.68. The zero-order valence-corrected chi connectivity index (χ0v) is 12.6. The van der Waals surface area contributed by atoms with Gasteiger partial charge in [0, 0.05) is 25.6 Å². The Morgan fingerprint density at radius 1 is 1.38 bits per heavy atom. The van der Waals surface area contributed by atoms with Crippen molar-refractivity contribution in [3.05, 3.63) is 24.2 Å². The van der Waals surface area contributed by atoms with E-state index in [9.17, 15) is 9.59 Å². The van der Waals surface area contributed by atoms with Crippen LogP contribution >= 0.6 is 0 Å². The van der Waals surface area contributed by atoms with E-state index in [-0.39, 0.29) is 11.8 Å². The van der Waals surface area contributed by atoms with Crippen LogP contribution in [0.2, 0.25) is 0 Å². The Morgan fingerprint density at radius 3 is 2.81 bits per heavy atom. The first-order valence-electron chi connectivity index (χ1n) is 7.82. The van der Waals surface area contributed by atoms with Crippen LogP contribution in [0.25, 0.3) is 0 Å². The highest BCUT2D eigenvalue weighted by Gasteiger charge is 2.33. The van der Waals surface area contributed by atoms with E-state index in [0.717, 1.165) is 38.6 Å². The summed E-state index contributed by atoms with van der Waals surface area (Å²) in [7, 11) is 0. The van der Waals surface area contributed by atoms with Gasteiger partial charge in [0.25, 0.3) is 5.91 Å². The molecule has 1 aromatic rings. The molecule has 0 atom stereocenters. The van der Waals surface area contributed by atoms with E-state index in [1.54, 1.807) is 11.0 Å². The van der Waals surface area contributed by atoms with Gasteiger partial charge in [0.05, 0.1) is 11.8 Å². The van der Waals surface area contributed by atoms with Crippen LogP contribution < -0.4 is 5.32 Å². The molecule has 1 N–H and O–H groups in total. The normalized spacial score (nSPS) is 14.0. The van der Waals surface area contributed by atoms with E-state index in [2.05, 4.69) is 12.2 Å². The van der Waals surface area contributed by atoms with Gasteiger partial charge in [-0.25, -0.2) is 0 Å². The Labute approximate surface area is 125 Å². The van der Waals surface area contributed by atoms with E-state index < -0.39 is 0 Å².